The molecule has 0 aromatic heterocycles. The molecule has 0 aliphatic heterocycles. The number of aliphatic hydroxyl groups is 1. The molecular weight excluding hydrogens is 150 g/mol. The van der Waals surface area contributed by atoms with E-state index in [4.69, 9.17) is 10.8 Å². The molecule has 1 rings (SSSR count). The van der Waals surface area contributed by atoms with E-state index in [-0.39, 0.29) is 18.5 Å². The second-order valence-electron chi connectivity index (χ2n) is 2.92. The molecule has 0 saturated heterocycles. The summed E-state index contributed by atoms with van der Waals surface area (Å²) in [5.41, 5.74) is 5.25. The van der Waals surface area contributed by atoms with Crippen molar-refractivity contribution < 1.29 is 5.11 Å². The molecule has 1 unspecified atom stereocenters. The molecule has 62 valence electrons. The normalized spacial score (nSPS) is 21.0. The van der Waals surface area contributed by atoms with Gasteiger partial charge in [-0.05, 0) is 12.3 Å². The molecule has 1 saturated carbocycles. The topological polar surface area (TPSA) is 46.2 Å². The quantitative estimate of drug-likeness (QED) is 0.654. The van der Waals surface area contributed by atoms with E-state index in [1.54, 1.807) is 0 Å². The van der Waals surface area contributed by atoms with Crippen LogP contribution in [0.3, 0.4) is 0 Å². The summed E-state index contributed by atoms with van der Waals surface area (Å²) in [6.45, 7) is 0.427. The number of nitrogens with two attached hydrogens (primary N) is 1. The summed E-state index contributed by atoms with van der Waals surface area (Å²) in [6.07, 6.45) is 4.64. The first-order valence-electron chi connectivity index (χ1n) is 3.71. The van der Waals surface area contributed by atoms with Gasteiger partial charge >= 0.3 is 0 Å². The van der Waals surface area contributed by atoms with Gasteiger partial charge in [0.15, 0.2) is 0 Å². The molecule has 0 spiro atoms. The van der Waals surface area contributed by atoms with Gasteiger partial charge in [-0.15, -0.1) is 12.4 Å². The molecule has 0 heterocycles. The largest absolute Gasteiger partial charge is 0.392 e. The third-order valence-corrected chi connectivity index (χ3v) is 2.10. The van der Waals surface area contributed by atoms with Gasteiger partial charge in [-0.2, -0.15) is 0 Å². The molecule has 3 heteroatoms. The zero-order valence-corrected chi connectivity index (χ0v) is 6.94. The summed E-state index contributed by atoms with van der Waals surface area (Å²) in [5, 5.41) is 9.07. The van der Waals surface area contributed by atoms with E-state index in [1.807, 2.05) is 0 Å². The lowest BCUT2D eigenvalue weighted by Crippen LogP contribution is -2.25. The molecule has 0 bridgehead atoms. The monoisotopic (exact) mass is 165 g/mol. The lowest BCUT2D eigenvalue weighted by Gasteiger charge is -2.26. The molecule has 1 aliphatic rings. The molecule has 0 amide bonds. The minimum absolute atomic E-state index is 0. The first kappa shape index (κ1) is 10.2. The van der Waals surface area contributed by atoms with Crippen molar-refractivity contribution in [3.63, 3.8) is 0 Å². The highest BCUT2D eigenvalue weighted by Crippen LogP contribution is 2.30. The van der Waals surface area contributed by atoms with Crippen LogP contribution in [0, 0.1) is 5.92 Å². The minimum Gasteiger partial charge on any atom is -0.392 e. The lowest BCUT2D eigenvalue weighted by molar-refractivity contribution is 0.124. The Morgan fingerprint density at radius 1 is 1.50 bits per heavy atom. The smallest absolute Gasteiger partial charge is 0.0665 e. The second kappa shape index (κ2) is 4.94. The molecule has 1 fully saturated rings. The number of hydrogen-bond acceptors (Lipinski definition) is 2. The van der Waals surface area contributed by atoms with Crippen molar-refractivity contribution in [2.45, 2.75) is 31.8 Å². The molecule has 0 aromatic carbocycles. The van der Waals surface area contributed by atoms with Crippen molar-refractivity contribution in [3.05, 3.63) is 0 Å². The summed E-state index contributed by atoms with van der Waals surface area (Å²) in [7, 11) is 0. The van der Waals surface area contributed by atoms with E-state index >= 15 is 0 Å². The van der Waals surface area contributed by atoms with E-state index in [2.05, 4.69) is 0 Å². The Kier molecular flexibility index (Phi) is 5.04. The maximum atomic E-state index is 9.07. The number of rotatable bonds is 3. The highest BCUT2D eigenvalue weighted by Gasteiger charge is 2.19. The molecule has 10 heavy (non-hydrogen) atoms. The van der Waals surface area contributed by atoms with E-state index in [1.165, 1.54) is 19.3 Å². The Morgan fingerprint density at radius 3 is 2.40 bits per heavy atom. The first-order valence-corrected chi connectivity index (χ1v) is 3.71. The van der Waals surface area contributed by atoms with Crippen LogP contribution in [0.1, 0.15) is 25.7 Å². The van der Waals surface area contributed by atoms with Crippen molar-refractivity contribution in [3.8, 4) is 0 Å². The second-order valence-corrected chi connectivity index (χ2v) is 2.92. The van der Waals surface area contributed by atoms with E-state index in [0.717, 1.165) is 12.3 Å². The Labute approximate surface area is 68.2 Å². The van der Waals surface area contributed by atoms with Crippen molar-refractivity contribution in [2.75, 3.05) is 6.54 Å². The third kappa shape index (κ3) is 2.86. The fraction of sp³-hybridized carbons (Fsp3) is 1.00. The van der Waals surface area contributed by atoms with Crippen molar-refractivity contribution >= 4 is 12.4 Å². The zero-order valence-electron chi connectivity index (χ0n) is 6.12. The average Bonchev–Trinajstić information content (AvgIpc) is 1.78. The number of aliphatic hydroxyl groups excluding tert-OH is 1. The molecule has 2 nitrogen and oxygen atoms in total. The maximum absolute atomic E-state index is 9.07. The van der Waals surface area contributed by atoms with Crippen LogP contribution >= 0.6 is 12.4 Å². The summed E-state index contributed by atoms with van der Waals surface area (Å²) < 4.78 is 0. The van der Waals surface area contributed by atoms with Gasteiger partial charge in [0.2, 0.25) is 0 Å². The molecule has 0 aromatic rings. The SMILES string of the molecule is Cl.NCC(O)CC1CCC1. The molecule has 1 aliphatic carbocycles. The van der Waals surface area contributed by atoms with Gasteiger partial charge < -0.3 is 10.8 Å². The van der Waals surface area contributed by atoms with Crippen LogP contribution in [0.4, 0.5) is 0 Å². The minimum atomic E-state index is -0.240. The van der Waals surface area contributed by atoms with Gasteiger partial charge in [-0.1, -0.05) is 19.3 Å². The standard InChI is InChI=1S/C7H15NO.ClH/c8-5-7(9)4-6-2-1-3-6;/h6-7,9H,1-5,8H2;1H. The van der Waals surface area contributed by atoms with Crippen LogP contribution in [0.2, 0.25) is 0 Å². The predicted molar refractivity (Wildman–Crippen MR) is 44.3 cm³/mol. The summed E-state index contributed by atoms with van der Waals surface area (Å²) in [4.78, 5) is 0. The van der Waals surface area contributed by atoms with Crippen molar-refractivity contribution in [1.82, 2.24) is 0 Å². The molecule has 3 N–H and O–H groups in total. The maximum Gasteiger partial charge on any atom is 0.0665 e. The van der Waals surface area contributed by atoms with Crippen LogP contribution in [0.25, 0.3) is 0 Å². The summed E-state index contributed by atoms with van der Waals surface area (Å²) in [6, 6.07) is 0. The Hall–Kier alpha value is 0.210. The summed E-state index contributed by atoms with van der Waals surface area (Å²) in [5.74, 6) is 0.781. The predicted octanol–water partition coefficient (Wildman–Crippen LogP) is 0.918. The number of halogens is 1. The van der Waals surface area contributed by atoms with Crippen LogP contribution < -0.4 is 5.73 Å². The Morgan fingerprint density at radius 2 is 2.10 bits per heavy atom. The van der Waals surface area contributed by atoms with Gasteiger partial charge in [0.05, 0.1) is 6.10 Å². The Balaban J connectivity index is 0.000000810. The lowest BCUT2D eigenvalue weighted by atomic mass is 9.81. The fourth-order valence-corrected chi connectivity index (χ4v) is 1.21. The van der Waals surface area contributed by atoms with Crippen LogP contribution in [-0.2, 0) is 0 Å². The molecular formula is C7H16ClNO. The van der Waals surface area contributed by atoms with E-state index in [9.17, 15) is 0 Å². The van der Waals surface area contributed by atoms with Gasteiger partial charge in [-0.25, -0.2) is 0 Å². The van der Waals surface area contributed by atoms with E-state index in [0.29, 0.717) is 6.54 Å². The fourth-order valence-electron chi connectivity index (χ4n) is 1.21. The Bertz CT molecular complexity index is 82.9. The first-order chi connectivity index (χ1) is 4.33. The van der Waals surface area contributed by atoms with Crippen LogP contribution in [-0.4, -0.2) is 17.8 Å². The third-order valence-electron chi connectivity index (χ3n) is 2.10. The van der Waals surface area contributed by atoms with Crippen LogP contribution in [0.5, 0.6) is 0 Å². The van der Waals surface area contributed by atoms with E-state index < -0.39 is 0 Å². The van der Waals surface area contributed by atoms with Gasteiger partial charge in [0.1, 0.15) is 0 Å². The van der Waals surface area contributed by atoms with Crippen LogP contribution in [0.15, 0.2) is 0 Å². The average molecular weight is 166 g/mol. The van der Waals surface area contributed by atoms with Gasteiger partial charge in [0, 0.05) is 6.54 Å². The number of hydrogen-bond donors (Lipinski definition) is 2. The molecule has 0 radical (unpaired) electrons. The summed E-state index contributed by atoms with van der Waals surface area (Å²) >= 11 is 0. The molecule has 1 atom stereocenters. The zero-order chi connectivity index (χ0) is 6.69. The highest BCUT2D eigenvalue weighted by molar-refractivity contribution is 5.85. The van der Waals surface area contributed by atoms with Gasteiger partial charge in [-0.3, -0.25) is 0 Å². The van der Waals surface area contributed by atoms with Crippen molar-refractivity contribution in [1.29, 1.82) is 0 Å². The van der Waals surface area contributed by atoms with Gasteiger partial charge in [0.25, 0.3) is 0 Å². The highest BCUT2D eigenvalue weighted by atomic mass is 35.5. The van der Waals surface area contributed by atoms with Crippen molar-refractivity contribution in [2.24, 2.45) is 11.7 Å².